The molecule has 1 aliphatic heterocycles. The lowest BCUT2D eigenvalue weighted by molar-refractivity contribution is -0.114. The second kappa shape index (κ2) is 3.45. The summed E-state index contributed by atoms with van der Waals surface area (Å²) in [5.74, 6) is 0. The highest BCUT2D eigenvalue weighted by molar-refractivity contribution is 5.38. The lowest BCUT2D eigenvalue weighted by atomic mass is 10.2. The first kappa shape index (κ1) is 6.55. The molecule has 0 N–H and O–H groups in total. The van der Waals surface area contributed by atoms with Crippen LogP contribution >= 0.6 is 0 Å². The van der Waals surface area contributed by atoms with E-state index in [1.807, 2.05) is 0 Å². The minimum absolute atomic E-state index is 0.323. The Morgan fingerprint density at radius 1 is 1.56 bits per heavy atom. The number of rotatable bonds is 2. The van der Waals surface area contributed by atoms with Crippen molar-refractivity contribution in [3.8, 4) is 0 Å². The van der Waals surface area contributed by atoms with Crippen LogP contribution in [0.1, 0.15) is 19.3 Å². The second-order valence-electron chi connectivity index (χ2n) is 2.00. The minimum atomic E-state index is -0.323. The van der Waals surface area contributed by atoms with Crippen LogP contribution in [0.3, 0.4) is 0 Å². The van der Waals surface area contributed by atoms with Crippen molar-refractivity contribution in [3.63, 3.8) is 0 Å². The smallest absolute Gasteiger partial charge is 0.419 e. The fourth-order valence-corrected chi connectivity index (χ4v) is 0.858. The Hall–Kier alpha value is -0.570. The quantitative estimate of drug-likeness (QED) is 0.547. The van der Waals surface area contributed by atoms with E-state index in [4.69, 9.17) is 4.74 Å². The molecule has 0 aliphatic carbocycles. The summed E-state index contributed by atoms with van der Waals surface area (Å²) in [4.78, 5) is 9.65. The summed E-state index contributed by atoms with van der Waals surface area (Å²) in [5.41, 5.74) is 0. The Labute approximate surface area is 53.9 Å². The summed E-state index contributed by atoms with van der Waals surface area (Å²) in [6.07, 6.45) is 2.64. The predicted molar refractivity (Wildman–Crippen MR) is 30.4 cm³/mol. The van der Waals surface area contributed by atoms with Crippen molar-refractivity contribution in [2.75, 3.05) is 6.61 Å². The summed E-state index contributed by atoms with van der Waals surface area (Å²) in [5, 5.41) is 0. The first-order valence-corrected chi connectivity index (χ1v) is 3.08. The number of ether oxygens (including phenoxy) is 2. The average Bonchev–Trinajstić information content (AvgIpc) is 1.91. The SMILES string of the molecule is O=[C]OC1CCCCO1. The van der Waals surface area contributed by atoms with Gasteiger partial charge in [0, 0.05) is 6.42 Å². The number of hydrogen-bond acceptors (Lipinski definition) is 3. The molecule has 0 amide bonds. The van der Waals surface area contributed by atoms with Crippen LogP contribution in [0.5, 0.6) is 0 Å². The van der Waals surface area contributed by atoms with Gasteiger partial charge in [-0.25, -0.2) is 4.79 Å². The van der Waals surface area contributed by atoms with Gasteiger partial charge < -0.3 is 9.47 Å². The third-order valence-electron chi connectivity index (χ3n) is 1.32. The Morgan fingerprint density at radius 3 is 3.00 bits per heavy atom. The second-order valence-corrected chi connectivity index (χ2v) is 2.00. The van der Waals surface area contributed by atoms with Crippen LogP contribution in [0.25, 0.3) is 0 Å². The van der Waals surface area contributed by atoms with Crippen LogP contribution in [0.4, 0.5) is 0 Å². The minimum Gasteiger partial charge on any atom is -0.427 e. The molecule has 1 rings (SSSR count). The maximum Gasteiger partial charge on any atom is 0.419 e. The van der Waals surface area contributed by atoms with Crippen molar-refractivity contribution in [2.24, 2.45) is 0 Å². The highest BCUT2D eigenvalue weighted by Crippen LogP contribution is 2.12. The van der Waals surface area contributed by atoms with Crippen LogP contribution in [-0.2, 0) is 14.3 Å². The first-order chi connectivity index (χ1) is 4.43. The van der Waals surface area contributed by atoms with Gasteiger partial charge in [-0.05, 0) is 12.8 Å². The van der Waals surface area contributed by atoms with Crippen molar-refractivity contribution in [2.45, 2.75) is 25.6 Å². The van der Waals surface area contributed by atoms with E-state index in [1.54, 1.807) is 0 Å². The monoisotopic (exact) mass is 129 g/mol. The molecular formula is C6H9O3. The van der Waals surface area contributed by atoms with Gasteiger partial charge in [-0.2, -0.15) is 0 Å². The fraction of sp³-hybridized carbons (Fsp3) is 0.833. The molecule has 9 heavy (non-hydrogen) atoms. The van der Waals surface area contributed by atoms with Gasteiger partial charge in [-0.1, -0.05) is 0 Å². The third-order valence-corrected chi connectivity index (χ3v) is 1.32. The molecule has 1 atom stereocenters. The van der Waals surface area contributed by atoms with E-state index in [1.165, 1.54) is 6.47 Å². The van der Waals surface area contributed by atoms with Crippen LogP contribution in [-0.4, -0.2) is 19.4 Å². The van der Waals surface area contributed by atoms with E-state index in [2.05, 4.69) is 4.74 Å². The largest absolute Gasteiger partial charge is 0.427 e. The molecule has 1 fully saturated rings. The normalized spacial score (nSPS) is 27.3. The first-order valence-electron chi connectivity index (χ1n) is 3.08. The summed E-state index contributed by atoms with van der Waals surface area (Å²) in [7, 11) is 0. The Balaban J connectivity index is 2.15. The van der Waals surface area contributed by atoms with Gasteiger partial charge in [0.05, 0.1) is 6.61 Å². The summed E-state index contributed by atoms with van der Waals surface area (Å²) in [6, 6.07) is 0. The topological polar surface area (TPSA) is 35.5 Å². The van der Waals surface area contributed by atoms with Gasteiger partial charge >= 0.3 is 6.47 Å². The zero-order valence-corrected chi connectivity index (χ0v) is 5.13. The van der Waals surface area contributed by atoms with Crippen LogP contribution in [0, 0.1) is 0 Å². The van der Waals surface area contributed by atoms with Crippen molar-refractivity contribution >= 4 is 6.47 Å². The standard InChI is InChI=1S/C6H9O3/c7-5-9-6-3-1-2-4-8-6/h6H,1-4H2. The molecule has 1 unspecified atom stereocenters. The summed E-state index contributed by atoms with van der Waals surface area (Å²) in [6.45, 7) is 2.06. The van der Waals surface area contributed by atoms with E-state index in [0.717, 1.165) is 19.3 Å². The highest BCUT2D eigenvalue weighted by atomic mass is 16.7. The maximum atomic E-state index is 9.65. The summed E-state index contributed by atoms with van der Waals surface area (Å²) >= 11 is 0. The van der Waals surface area contributed by atoms with Gasteiger partial charge in [0.1, 0.15) is 0 Å². The van der Waals surface area contributed by atoms with Crippen molar-refractivity contribution in [1.82, 2.24) is 0 Å². The molecule has 1 saturated heterocycles. The van der Waals surface area contributed by atoms with Crippen LogP contribution in [0.15, 0.2) is 0 Å². The van der Waals surface area contributed by atoms with Crippen LogP contribution < -0.4 is 0 Å². The number of hydrogen-bond donors (Lipinski definition) is 0. The molecule has 1 aliphatic rings. The van der Waals surface area contributed by atoms with Gasteiger partial charge in [0.2, 0.25) is 6.29 Å². The van der Waals surface area contributed by atoms with Crippen LogP contribution in [0.2, 0.25) is 0 Å². The molecule has 0 spiro atoms. The molecule has 3 nitrogen and oxygen atoms in total. The van der Waals surface area contributed by atoms with Crippen molar-refractivity contribution in [3.05, 3.63) is 0 Å². The van der Waals surface area contributed by atoms with Gasteiger partial charge in [0.25, 0.3) is 0 Å². The lowest BCUT2D eigenvalue weighted by Gasteiger charge is -2.19. The van der Waals surface area contributed by atoms with E-state index in [9.17, 15) is 4.79 Å². The van der Waals surface area contributed by atoms with Gasteiger partial charge in [-0.3, -0.25) is 0 Å². The Kier molecular flexibility index (Phi) is 2.51. The number of carbonyl (C=O) groups excluding carboxylic acids is 1. The van der Waals surface area contributed by atoms with Crippen molar-refractivity contribution in [1.29, 1.82) is 0 Å². The van der Waals surface area contributed by atoms with E-state index >= 15 is 0 Å². The molecule has 0 aromatic rings. The van der Waals surface area contributed by atoms with Gasteiger partial charge in [-0.15, -0.1) is 0 Å². The molecule has 0 bridgehead atoms. The molecule has 51 valence electrons. The predicted octanol–water partition coefficient (Wildman–Crippen LogP) is 0.597. The maximum absolute atomic E-state index is 9.65. The van der Waals surface area contributed by atoms with E-state index < -0.39 is 0 Å². The van der Waals surface area contributed by atoms with Crippen molar-refractivity contribution < 1.29 is 14.3 Å². The molecule has 0 aromatic carbocycles. The zero-order chi connectivity index (χ0) is 6.53. The highest BCUT2D eigenvalue weighted by Gasteiger charge is 2.13. The summed E-state index contributed by atoms with van der Waals surface area (Å²) < 4.78 is 9.49. The molecule has 0 aromatic heterocycles. The average molecular weight is 129 g/mol. The zero-order valence-electron chi connectivity index (χ0n) is 5.13. The molecule has 3 heteroatoms. The fourth-order valence-electron chi connectivity index (χ4n) is 0.858. The molecule has 0 saturated carbocycles. The lowest BCUT2D eigenvalue weighted by Crippen LogP contribution is -2.21. The van der Waals surface area contributed by atoms with E-state index in [0.29, 0.717) is 6.61 Å². The van der Waals surface area contributed by atoms with Gasteiger partial charge in [0.15, 0.2) is 0 Å². The molecule has 1 radical (unpaired) electrons. The Bertz CT molecular complexity index is 86.3. The molecule has 1 heterocycles. The molecular weight excluding hydrogens is 120 g/mol. The Morgan fingerprint density at radius 2 is 2.44 bits per heavy atom. The third kappa shape index (κ3) is 2.01. The van der Waals surface area contributed by atoms with E-state index in [-0.39, 0.29) is 6.29 Å².